The zero-order valence-corrected chi connectivity index (χ0v) is 14.0. The van der Waals surface area contributed by atoms with Crippen molar-refractivity contribution < 1.29 is 14.3 Å². The van der Waals surface area contributed by atoms with E-state index in [9.17, 15) is 4.79 Å². The van der Waals surface area contributed by atoms with Gasteiger partial charge in [-0.3, -0.25) is 4.79 Å². The highest BCUT2D eigenvalue weighted by Gasteiger charge is 2.17. The number of nitrogens with two attached hydrogens (primary N) is 1. The third kappa shape index (κ3) is 4.49. The van der Waals surface area contributed by atoms with Crippen LogP contribution < -0.4 is 15.2 Å². The number of rotatable bonds is 6. The standard InChI is InChI=1S/C19H23NO3/c1-12(2)22-16-8-9-18(23-13(3)4)17(11-16)19(21)14-6-5-7-15(20)10-14/h5-13H,20H2,1-4H3. The molecule has 2 aromatic rings. The fourth-order valence-corrected chi connectivity index (χ4v) is 2.22. The Morgan fingerprint density at radius 3 is 2.26 bits per heavy atom. The third-order valence-electron chi connectivity index (χ3n) is 3.08. The van der Waals surface area contributed by atoms with Crippen LogP contribution in [0, 0.1) is 0 Å². The van der Waals surface area contributed by atoms with Gasteiger partial charge in [0.2, 0.25) is 0 Å². The van der Waals surface area contributed by atoms with Crippen molar-refractivity contribution in [1.29, 1.82) is 0 Å². The number of carbonyl (C=O) groups is 1. The van der Waals surface area contributed by atoms with Crippen molar-refractivity contribution in [3.05, 3.63) is 53.6 Å². The molecule has 4 nitrogen and oxygen atoms in total. The number of anilines is 1. The average Bonchev–Trinajstić information content (AvgIpc) is 2.47. The number of hydrogen-bond acceptors (Lipinski definition) is 4. The van der Waals surface area contributed by atoms with Crippen LogP contribution in [0.4, 0.5) is 5.69 Å². The van der Waals surface area contributed by atoms with Crippen molar-refractivity contribution in [3.63, 3.8) is 0 Å². The fourth-order valence-electron chi connectivity index (χ4n) is 2.22. The molecular formula is C19H23NO3. The van der Waals surface area contributed by atoms with E-state index >= 15 is 0 Å². The van der Waals surface area contributed by atoms with E-state index in [2.05, 4.69) is 0 Å². The quantitative estimate of drug-likeness (QED) is 0.645. The summed E-state index contributed by atoms with van der Waals surface area (Å²) in [4.78, 5) is 12.8. The van der Waals surface area contributed by atoms with Crippen LogP contribution in [0.2, 0.25) is 0 Å². The van der Waals surface area contributed by atoms with Crippen LogP contribution in [0.25, 0.3) is 0 Å². The molecule has 0 saturated heterocycles. The lowest BCUT2D eigenvalue weighted by atomic mass is 10.0. The molecule has 0 heterocycles. The maximum absolute atomic E-state index is 12.8. The van der Waals surface area contributed by atoms with Gasteiger partial charge in [-0.2, -0.15) is 0 Å². The molecule has 0 radical (unpaired) electrons. The Morgan fingerprint density at radius 1 is 0.957 bits per heavy atom. The van der Waals surface area contributed by atoms with Gasteiger partial charge in [0.1, 0.15) is 11.5 Å². The molecule has 0 saturated carbocycles. The highest BCUT2D eigenvalue weighted by atomic mass is 16.5. The number of hydrogen-bond donors (Lipinski definition) is 1. The van der Waals surface area contributed by atoms with Crippen LogP contribution in [0.15, 0.2) is 42.5 Å². The van der Waals surface area contributed by atoms with E-state index in [1.165, 1.54) is 0 Å². The van der Waals surface area contributed by atoms with Crippen molar-refractivity contribution in [3.8, 4) is 11.5 Å². The Hall–Kier alpha value is -2.49. The molecule has 0 unspecified atom stereocenters. The van der Waals surface area contributed by atoms with Crippen molar-refractivity contribution in [2.45, 2.75) is 39.9 Å². The molecule has 0 aliphatic heterocycles. The predicted molar refractivity (Wildman–Crippen MR) is 92.3 cm³/mol. The molecular weight excluding hydrogens is 290 g/mol. The molecule has 2 rings (SSSR count). The molecule has 0 aliphatic carbocycles. The monoisotopic (exact) mass is 313 g/mol. The van der Waals surface area contributed by atoms with Gasteiger partial charge in [0.05, 0.1) is 17.8 Å². The summed E-state index contributed by atoms with van der Waals surface area (Å²) in [5.74, 6) is 1.05. The largest absolute Gasteiger partial charge is 0.491 e. The topological polar surface area (TPSA) is 61.5 Å². The van der Waals surface area contributed by atoms with Crippen LogP contribution in [-0.2, 0) is 0 Å². The van der Waals surface area contributed by atoms with Gasteiger partial charge in [0, 0.05) is 11.3 Å². The second-order valence-corrected chi connectivity index (χ2v) is 5.95. The summed E-state index contributed by atoms with van der Waals surface area (Å²) in [6.07, 6.45) is 0.00134. The molecule has 4 heteroatoms. The lowest BCUT2D eigenvalue weighted by Crippen LogP contribution is -2.12. The van der Waals surface area contributed by atoms with E-state index in [-0.39, 0.29) is 18.0 Å². The minimum absolute atomic E-state index is 0.0285. The first kappa shape index (κ1) is 16.9. The maximum Gasteiger partial charge on any atom is 0.196 e. The Kier molecular flexibility index (Phi) is 5.27. The van der Waals surface area contributed by atoms with Gasteiger partial charge in [-0.15, -0.1) is 0 Å². The normalized spacial score (nSPS) is 10.9. The minimum atomic E-state index is -0.137. The molecule has 0 amide bonds. The van der Waals surface area contributed by atoms with Gasteiger partial charge in [-0.25, -0.2) is 0 Å². The van der Waals surface area contributed by atoms with E-state index in [1.54, 1.807) is 36.4 Å². The molecule has 23 heavy (non-hydrogen) atoms. The first-order chi connectivity index (χ1) is 10.9. The first-order valence-electron chi connectivity index (χ1n) is 7.74. The van der Waals surface area contributed by atoms with Gasteiger partial charge in [0.15, 0.2) is 5.78 Å². The van der Waals surface area contributed by atoms with Crippen molar-refractivity contribution in [2.75, 3.05) is 5.73 Å². The Morgan fingerprint density at radius 2 is 1.65 bits per heavy atom. The number of ketones is 1. The van der Waals surface area contributed by atoms with E-state index in [0.717, 1.165) is 0 Å². The van der Waals surface area contributed by atoms with Crippen molar-refractivity contribution in [1.82, 2.24) is 0 Å². The third-order valence-corrected chi connectivity index (χ3v) is 3.08. The predicted octanol–water partition coefficient (Wildman–Crippen LogP) is 4.07. The summed E-state index contributed by atoms with van der Waals surface area (Å²) in [5.41, 5.74) is 7.34. The summed E-state index contributed by atoms with van der Waals surface area (Å²) in [6, 6.07) is 12.2. The zero-order valence-electron chi connectivity index (χ0n) is 14.0. The zero-order chi connectivity index (χ0) is 17.0. The molecule has 0 bridgehead atoms. The maximum atomic E-state index is 12.8. The molecule has 0 aromatic heterocycles. The lowest BCUT2D eigenvalue weighted by molar-refractivity contribution is 0.103. The van der Waals surface area contributed by atoms with E-state index < -0.39 is 0 Å². The summed E-state index contributed by atoms with van der Waals surface area (Å²) in [6.45, 7) is 7.73. The SMILES string of the molecule is CC(C)Oc1ccc(OC(C)C)c(C(=O)c2cccc(N)c2)c1. The summed E-state index contributed by atoms with van der Waals surface area (Å²) < 4.78 is 11.5. The number of benzene rings is 2. The van der Waals surface area contributed by atoms with Crippen LogP contribution in [0.5, 0.6) is 11.5 Å². The highest BCUT2D eigenvalue weighted by molar-refractivity contribution is 6.11. The van der Waals surface area contributed by atoms with Gasteiger partial charge in [-0.05, 0) is 58.0 Å². The lowest BCUT2D eigenvalue weighted by Gasteiger charge is -2.16. The average molecular weight is 313 g/mol. The number of ether oxygens (including phenoxy) is 2. The summed E-state index contributed by atoms with van der Waals surface area (Å²) in [5, 5.41) is 0. The van der Waals surface area contributed by atoms with E-state index in [1.807, 2.05) is 33.8 Å². The van der Waals surface area contributed by atoms with Crippen LogP contribution >= 0.6 is 0 Å². The van der Waals surface area contributed by atoms with Crippen molar-refractivity contribution >= 4 is 11.5 Å². The number of nitrogen functional groups attached to an aromatic ring is 1. The Balaban J connectivity index is 2.45. The minimum Gasteiger partial charge on any atom is -0.491 e. The molecule has 2 aromatic carbocycles. The van der Waals surface area contributed by atoms with Gasteiger partial charge < -0.3 is 15.2 Å². The van der Waals surface area contributed by atoms with Gasteiger partial charge in [0.25, 0.3) is 0 Å². The molecule has 0 aliphatic rings. The second kappa shape index (κ2) is 7.18. The molecule has 122 valence electrons. The molecule has 0 spiro atoms. The smallest absolute Gasteiger partial charge is 0.196 e. The van der Waals surface area contributed by atoms with Crippen LogP contribution in [-0.4, -0.2) is 18.0 Å². The van der Waals surface area contributed by atoms with Gasteiger partial charge >= 0.3 is 0 Å². The first-order valence-corrected chi connectivity index (χ1v) is 7.74. The highest BCUT2D eigenvalue weighted by Crippen LogP contribution is 2.28. The van der Waals surface area contributed by atoms with Crippen molar-refractivity contribution in [2.24, 2.45) is 0 Å². The summed E-state index contributed by atoms with van der Waals surface area (Å²) >= 11 is 0. The number of carbonyl (C=O) groups excluding carboxylic acids is 1. The van der Waals surface area contributed by atoms with E-state index in [4.69, 9.17) is 15.2 Å². The molecule has 0 fully saturated rings. The second-order valence-electron chi connectivity index (χ2n) is 5.95. The van der Waals surface area contributed by atoms with Gasteiger partial charge in [-0.1, -0.05) is 12.1 Å². The van der Waals surface area contributed by atoms with E-state index in [0.29, 0.717) is 28.3 Å². The Labute approximate surface area is 137 Å². The van der Waals surface area contributed by atoms with Crippen LogP contribution in [0.1, 0.15) is 43.6 Å². The molecule has 0 atom stereocenters. The Bertz CT molecular complexity index is 693. The fraction of sp³-hybridized carbons (Fsp3) is 0.316. The summed E-state index contributed by atoms with van der Waals surface area (Å²) in [7, 11) is 0. The van der Waals surface area contributed by atoms with Crippen LogP contribution in [0.3, 0.4) is 0 Å². The molecule has 2 N–H and O–H groups in total.